The van der Waals surface area contributed by atoms with Crippen LogP contribution in [0.25, 0.3) is 10.9 Å². The average molecular weight is 403 g/mol. The van der Waals surface area contributed by atoms with E-state index in [-0.39, 0.29) is 5.56 Å². The molecule has 1 aromatic heterocycles. The fourth-order valence-corrected chi connectivity index (χ4v) is 5.27. The number of piperidine rings is 1. The number of H-pyrrole nitrogens is 1. The number of nitrogens with zero attached hydrogens (tertiary/aromatic N) is 1. The summed E-state index contributed by atoms with van der Waals surface area (Å²) in [5, 5.41) is 1.24. The molecule has 0 saturated carbocycles. The summed E-state index contributed by atoms with van der Waals surface area (Å²) in [6, 6.07) is 15.2. The number of benzene rings is 2. The third kappa shape index (κ3) is 3.77. The number of fused-ring (bicyclic) bond motifs is 3. The van der Waals surface area contributed by atoms with Crippen LogP contribution in [0.1, 0.15) is 53.9 Å². The number of rotatable bonds is 4. The van der Waals surface area contributed by atoms with Crippen LogP contribution in [0, 0.1) is 0 Å². The van der Waals surface area contributed by atoms with Gasteiger partial charge >= 0.3 is 0 Å². The van der Waals surface area contributed by atoms with Gasteiger partial charge in [-0.25, -0.2) is 0 Å². The molecule has 156 valence electrons. The summed E-state index contributed by atoms with van der Waals surface area (Å²) in [6.45, 7) is 3.16. The van der Waals surface area contributed by atoms with E-state index in [1.807, 2.05) is 0 Å². The summed E-state index contributed by atoms with van der Waals surface area (Å²) >= 11 is 0. The molecule has 5 rings (SSSR count). The molecule has 0 amide bonds. The van der Waals surface area contributed by atoms with E-state index in [0.29, 0.717) is 5.92 Å². The second-order valence-corrected chi connectivity index (χ2v) is 8.82. The van der Waals surface area contributed by atoms with Crippen molar-refractivity contribution < 1.29 is 4.74 Å². The van der Waals surface area contributed by atoms with Crippen LogP contribution in [-0.2, 0) is 19.4 Å². The lowest BCUT2D eigenvalue weighted by Crippen LogP contribution is -2.32. The zero-order valence-corrected chi connectivity index (χ0v) is 17.7. The van der Waals surface area contributed by atoms with Gasteiger partial charge < -0.3 is 9.72 Å². The number of likely N-dealkylation sites (tertiary alicyclic amines) is 1. The molecule has 2 heterocycles. The van der Waals surface area contributed by atoms with Crippen molar-refractivity contribution in [2.45, 2.75) is 51.0 Å². The second kappa shape index (κ2) is 8.27. The quantitative estimate of drug-likeness (QED) is 0.682. The highest BCUT2D eigenvalue weighted by atomic mass is 16.5. The van der Waals surface area contributed by atoms with Crippen LogP contribution in [0.3, 0.4) is 0 Å². The molecule has 1 saturated heterocycles. The number of ether oxygens (including phenoxy) is 1. The van der Waals surface area contributed by atoms with Crippen LogP contribution >= 0.6 is 0 Å². The van der Waals surface area contributed by atoms with Crippen molar-refractivity contribution in [2.75, 3.05) is 20.2 Å². The van der Waals surface area contributed by atoms with Crippen LogP contribution in [0.5, 0.6) is 5.75 Å². The Hall–Kier alpha value is -2.59. The molecule has 1 fully saturated rings. The van der Waals surface area contributed by atoms with Crippen molar-refractivity contribution in [3.05, 3.63) is 75.1 Å². The Labute approximate surface area is 177 Å². The van der Waals surface area contributed by atoms with Crippen LogP contribution < -0.4 is 10.3 Å². The lowest BCUT2D eigenvalue weighted by Gasteiger charge is -2.32. The Morgan fingerprint density at radius 1 is 1.00 bits per heavy atom. The van der Waals surface area contributed by atoms with Gasteiger partial charge in [0.05, 0.1) is 7.11 Å². The molecule has 0 atom stereocenters. The number of methoxy groups -OCH3 is 1. The van der Waals surface area contributed by atoms with Crippen molar-refractivity contribution in [3.8, 4) is 5.75 Å². The highest BCUT2D eigenvalue weighted by molar-refractivity contribution is 5.84. The molecule has 4 nitrogen and oxygen atoms in total. The van der Waals surface area contributed by atoms with E-state index >= 15 is 0 Å². The van der Waals surface area contributed by atoms with E-state index in [1.165, 1.54) is 41.3 Å². The smallest absolute Gasteiger partial charge is 0.251 e. The molecule has 1 aliphatic heterocycles. The van der Waals surface area contributed by atoms with Crippen LogP contribution in [0.2, 0.25) is 0 Å². The van der Waals surface area contributed by atoms with Crippen LogP contribution in [0.15, 0.2) is 47.3 Å². The molecular formula is C26H30N2O2. The maximum Gasteiger partial charge on any atom is 0.251 e. The zero-order chi connectivity index (χ0) is 20.5. The van der Waals surface area contributed by atoms with Gasteiger partial charge in [-0.05, 0) is 92.4 Å². The first-order valence-corrected chi connectivity index (χ1v) is 11.2. The molecule has 1 N–H and O–H groups in total. The van der Waals surface area contributed by atoms with Gasteiger partial charge in [0.15, 0.2) is 0 Å². The first-order valence-electron chi connectivity index (χ1n) is 11.2. The largest absolute Gasteiger partial charge is 0.497 e. The Kier molecular flexibility index (Phi) is 5.34. The summed E-state index contributed by atoms with van der Waals surface area (Å²) in [6.07, 6.45) is 6.65. The molecular weight excluding hydrogens is 372 g/mol. The average Bonchev–Trinajstić information content (AvgIpc) is 2.80. The highest BCUT2D eigenvalue weighted by Crippen LogP contribution is 2.30. The van der Waals surface area contributed by atoms with Gasteiger partial charge in [0.2, 0.25) is 0 Å². The fourth-order valence-electron chi connectivity index (χ4n) is 5.27. The SMILES string of the molecule is COc1ccc(C2CCN(Cc3ccc4c5c(c(=O)[nH]c4c3)CCCC5)CC2)cc1. The lowest BCUT2D eigenvalue weighted by atomic mass is 9.89. The van der Waals surface area contributed by atoms with Crippen molar-refractivity contribution in [1.82, 2.24) is 9.88 Å². The number of aromatic amines is 1. The zero-order valence-electron chi connectivity index (χ0n) is 17.7. The first kappa shape index (κ1) is 19.4. The number of hydrogen-bond donors (Lipinski definition) is 1. The van der Waals surface area contributed by atoms with Crippen molar-refractivity contribution >= 4 is 10.9 Å². The highest BCUT2D eigenvalue weighted by Gasteiger charge is 2.21. The Balaban J connectivity index is 1.28. The van der Waals surface area contributed by atoms with Gasteiger partial charge in [0.25, 0.3) is 5.56 Å². The van der Waals surface area contributed by atoms with Gasteiger partial charge in [0.1, 0.15) is 5.75 Å². The van der Waals surface area contributed by atoms with E-state index in [2.05, 4.69) is 52.3 Å². The first-order chi connectivity index (χ1) is 14.7. The molecule has 3 aromatic rings. The molecule has 2 aromatic carbocycles. The standard InChI is InChI=1S/C26H30N2O2/c1-30-21-9-7-19(8-10-21)20-12-14-28(15-13-20)17-18-6-11-23-22-4-2-3-5-24(22)26(29)27-25(23)16-18/h6-11,16,20H,2-5,12-15,17H2,1H3,(H,27,29). The van der Waals surface area contributed by atoms with E-state index in [0.717, 1.165) is 55.7 Å². The predicted molar refractivity (Wildman–Crippen MR) is 121 cm³/mol. The van der Waals surface area contributed by atoms with Gasteiger partial charge in [-0.2, -0.15) is 0 Å². The summed E-state index contributed by atoms with van der Waals surface area (Å²) < 4.78 is 5.28. The van der Waals surface area contributed by atoms with E-state index in [1.54, 1.807) is 7.11 Å². The minimum absolute atomic E-state index is 0.120. The summed E-state index contributed by atoms with van der Waals surface area (Å²) in [4.78, 5) is 18.2. The van der Waals surface area contributed by atoms with Gasteiger partial charge in [-0.3, -0.25) is 9.69 Å². The Bertz CT molecular complexity index is 1090. The summed E-state index contributed by atoms with van der Waals surface area (Å²) in [5.74, 6) is 1.55. The van der Waals surface area contributed by atoms with Gasteiger partial charge in [-0.15, -0.1) is 0 Å². The normalized spacial score (nSPS) is 17.8. The molecule has 2 aliphatic rings. The van der Waals surface area contributed by atoms with E-state index in [9.17, 15) is 4.79 Å². The van der Waals surface area contributed by atoms with Crippen LogP contribution in [0.4, 0.5) is 0 Å². The maximum atomic E-state index is 12.5. The predicted octanol–water partition coefficient (Wildman–Crippen LogP) is 4.80. The number of hydrogen-bond acceptors (Lipinski definition) is 3. The number of aryl methyl sites for hydroxylation is 1. The second-order valence-electron chi connectivity index (χ2n) is 8.82. The van der Waals surface area contributed by atoms with E-state index < -0.39 is 0 Å². The minimum atomic E-state index is 0.120. The van der Waals surface area contributed by atoms with Gasteiger partial charge in [0, 0.05) is 23.0 Å². The molecule has 0 spiro atoms. The molecule has 0 unspecified atom stereocenters. The van der Waals surface area contributed by atoms with Crippen molar-refractivity contribution in [3.63, 3.8) is 0 Å². The molecule has 0 bridgehead atoms. The number of pyridine rings is 1. The number of aromatic nitrogens is 1. The third-order valence-electron chi connectivity index (χ3n) is 6.98. The molecule has 4 heteroatoms. The number of nitrogens with one attached hydrogen (secondary N) is 1. The van der Waals surface area contributed by atoms with Crippen LogP contribution in [-0.4, -0.2) is 30.1 Å². The maximum absolute atomic E-state index is 12.5. The lowest BCUT2D eigenvalue weighted by molar-refractivity contribution is 0.204. The molecule has 0 radical (unpaired) electrons. The third-order valence-corrected chi connectivity index (χ3v) is 6.98. The minimum Gasteiger partial charge on any atom is -0.497 e. The van der Waals surface area contributed by atoms with Crippen molar-refractivity contribution in [2.24, 2.45) is 0 Å². The Morgan fingerprint density at radius 2 is 1.73 bits per heavy atom. The summed E-state index contributed by atoms with van der Waals surface area (Å²) in [7, 11) is 1.71. The van der Waals surface area contributed by atoms with Gasteiger partial charge in [-0.1, -0.05) is 24.3 Å². The monoisotopic (exact) mass is 402 g/mol. The topological polar surface area (TPSA) is 45.3 Å². The van der Waals surface area contributed by atoms with Crippen molar-refractivity contribution in [1.29, 1.82) is 0 Å². The molecule has 1 aliphatic carbocycles. The Morgan fingerprint density at radius 3 is 2.47 bits per heavy atom. The molecule has 30 heavy (non-hydrogen) atoms. The van der Waals surface area contributed by atoms with E-state index in [4.69, 9.17) is 4.74 Å². The summed E-state index contributed by atoms with van der Waals surface area (Å²) in [5.41, 5.74) is 6.13. The fraction of sp³-hybridized carbons (Fsp3) is 0.423.